The van der Waals surface area contributed by atoms with E-state index in [1.54, 1.807) is 0 Å². The molecule has 0 aliphatic carbocycles. The summed E-state index contributed by atoms with van der Waals surface area (Å²) in [6.07, 6.45) is -0.515. The molecule has 0 saturated carbocycles. The van der Waals surface area contributed by atoms with Gasteiger partial charge in [-0.3, -0.25) is 9.59 Å². The number of amides is 2. The predicted octanol–water partition coefficient (Wildman–Crippen LogP) is 2.21. The van der Waals surface area contributed by atoms with Crippen LogP contribution in [-0.4, -0.2) is 53.0 Å². The van der Waals surface area contributed by atoms with Crippen molar-refractivity contribution in [1.29, 1.82) is 0 Å². The fourth-order valence-electron chi connectivity index (χ4n) is 3.93. The van der Waals surface area contributed by atoms with Gasteiger partial charge in [0.25, 0.3) is 0 Å². The van der Waals surface area contributed by atoms with Crippen LogP contribution < -0.4 is 9.47 Å². The van der Waals surface area contributed by atoms with Gasteiger partial charge in [0, 0.05) is 30.1 Å². The molecular weight excluding hydrogens is 370 g/mol. The number of aromatic amines is 1. The lowest BCUT2D eigenvalue weighted by molar-refractivity contribution is -0.157. The van der Waals surface area contributed by atoms with Crippen molar-refractivity contribution in [1.82, 2.24) is 14.8 Å². The van der Waals surface area contributed by atoms with E-state index < -0.39 is 84.7 Å². The van der Waals surface area contributed by atoms with Crippen molar-refractivity contribution in [3.8, 4) is 11.5 Å². The molecule has 1 saturated heterocycles. The number of likely N-dealkylation sites (N-methyl/N-ethyl adjacent to an activating group) is 1. The molecule has 3 aliphatic heterocycles. The van der Waals surface area contributed by atoms with Crippen LogP contribution in [0.5, 0.6) is 11.5 Å². The van der Waals surface area contributed by atoms with Crippen LogP contribution in [-0.2, 0) is 16.0 Å². The third-order valence-electron chi connectivity index (χ3n) is 5.22. The summed E-state index contributed by atoms with van der Waals surface area (Å²) in [5, 5.41) is -0.0627. The molecule has 2 amide bonds. The minimum Gasteiger partial charge on any atom is -0.454 e. The van der Waals surface area contributed by atoms with E-state index in [1.807, 2.05) is 0 Å². The molecule has 0 spiro atoms. The molecule has 7 nitrogen and oxygen atoms in total. The lowest BCUT2D eigenvalue weighted by Crippen LogP contribution is -2.62. The minimum atomic E-state index is -2.66. The standard InChI is InChI=1S/C22H19N3O4/c1-24-10-19(26)25-16(22(24)27)9-14-13-4-2-3-5-15(13)23-20(14)21(25)12-6-7-17-18(8-12)29-11-28-17/h2-8,16,21,23H,9-11H2,1H3/t16-,21-/m1/s1/i2D,3D,4D,5D,6D,7D,8D,16D,21D. The van der Waals surface area contributed by atoms with Gasteiger partial charge < -0.3 is 24.3 Å². The van der Waals surface area contributed by atoms with Crippen LogP contribution in [0.1, 0.15) is 35.2 Å². The van der Waals surface area contributed by atoms with E-state index in [0.29, 0.717) is 4.90 Å². The Morgan fingerprint density at radius 3 is 2.90 bits per heavy atom. The highest BCUT2D eigenvalue weighted by molar-refractivity contribution is 5.97. The van der Waals surface area contributed by atoms with E-state index in [4.69, 9.17) is 19.1 Å². The van der Waals surface area contributed by atoms with Crippen molar-refractivity contribution in [2.75, 3.05) is 20.4 Å². The van der Waals surface area contributed by atoms with Gasteiger partial charge in [0.1, 0.15) is 6.02 Å². The Morgan fingerprint density at radius 1 is 1.17 bits per heavy atom. The number of nitrogens with zero attached hydrogens (tertiary/aromatic N) is 2. The van der Waals surface area contributed by atoms with E-state index in [0.717, 1.165) is 4.90 Å². The number of nitrogens with one attached hydrogen (secondary N) is 1. The van der Waals surface area contributed by atoms with Crippen molar-refractivity contribution < 1.29 is 31.4 Å². The van der Waals surface area contributed by atoms with Gasteiger partial charge in [0.2, 0.25) is 18.6 Å². The highest BCUT2D eigenvalue weighted by Gasteiger charge is 2.47. The summed E-state index contributed by atoms with van der Waals surface area (Å²) in [7, 11) is 1.32. The first kappa shape index (κ1) is 9.82. The molecule has 1 fully saturated rings. The van der Waals surface area contributed by atoms with E-state index >= 15 is 0 Å². The predicted molar refractivity (Wildman–Crippen MR) is 105 cm³/mol. The third-order valence-corrected chi connectivity index (χ3v) is 5.22. The van der Waals surface area contributed by atoms with Crippen LogP contribution in [0.3, 0.4) is 0 Å². The number of ether oxygens (including phenoxy) is 2. The number of carbonyl (C=O) groups is 2. The third kappa shape index (κ3) is 2.24. The number of aromatic nitrogens is 1. The lowest BCUT2D eigenvalue weighted by atomic mass is 9.86. The number of piperazine rings is 1. The Bertz CT molecular complexity index is 1640. The molecule has 3 aromatic rings. The van der Waals surface area contributed by atoms with Crippen LogP contribution in [0.2, 0.25) is 0 Å². The molecule has 0 unspecified atom stereocenters. The molecule has 4 heterocycles. The second-order valence-corrected chi connectivity index (χ2v) is 6.91. The number of benzene rings is 2. The zero-order valence-electron chi connectivity index (χ0n) is 24.1. The smallest absolute Gasteiger partial charge is 0.245 e. The number of H-pyrrole nitrogens is 1. The number of rotatable bonds is 1. The minimum absolute atomic E-state index is 0.00713. The van der Waals surface area contributed by atoms with Crippen LogP contribution in [0.25, 0.3) is 10.9 Å². The van der Waals surface area contributed by atoms with Gasteiger partial charge in [-0.25, -0.2) is 0 Å². The number of para-hydroxylation sites is 1. The van der Waals surface area contributed by atoms with Crippen LogP contribution in [0, 0.1) is 0 Å². The Labute approximate surface area is 179 Å². The van der Waals surface area contributed by atoms with Crippen molar-refractivity contribution in [3.05, 3.63) is 59.1 Å². The largest absolute Gasteiger partial charge is 0.454 e. The fourth-order valence-corrected chi connectivity index (χ4v) is 3.93. The van der Waals surface area contributed by atoms with E-state index in [9.17, 15) is 12.3 Å². The van der Waals surface area contributed by atoms with Gasteiger partial charge in [-0.1, -0.05) is 24.2 Å². The zero-order chi connectivity index (χ0) is 27.6. The van der Waals surface area contributed by atoms with Crippen molar-refractivity contribution in [2.45, 2.75) is 18.5 Å². The van der Waals surface area contributed by atoms with Crippen molar-refractivity contribution >= 4 is 22.7 Å². The number of carbonyl (C=O) groups excluding carboxylic acids is 2. The lowest BCUT2D eigenvalue weighted by Gasteiger charge is -2.46. The Balaban J connectivity index is 1.81. The van der Waals surface area contributed by atoms with Crippen molar-refractivity contribution in [3.63, 3.8) is 0 Å². The molecule has 2 aromatic carbocycles. The summed E-state index contributed by atoms with van der Waals surface area (Å²) < 4.78 is 88.6. The average Bonchev–Trinajstić information content (AvgIpc) is 3.50. The normalized spacial score (nSPS) is 32.2. The first-order chi connectivity index (χ1) is 17.8. The van der Waals surface area contributed by atoms with E-state index in [2.05, 4.69) is 4.98 Å². The summed E-state index contributed by atoms with van der Waals surface area (Å²) >= 11 is 0. The van der Waals surface area contributed by atoms with Gasteiger partial charge >= 0.3 is 0 Å². The number of fused-ring (bicyclic) bond motifs is 5. The maximum Gasteiger partial charge on any atom is 0.245 e. The summed E-state index contributed by atoms with van der Waals surface area (Å²) in [5.74, 6) is -2.09. The molecule has 0 radical (unpaired) electrons. The molecule has 7 heteroatoms. The Morgan fingerprint density at radius 2 is 2.00 bits per heavy atom. The van der Waals surface area contributed by atoms with Gasteiger partial charge in [0.05, 0.1) is 24.9 Å². The first-order valence-electron chi connectivity index (χ1n) is 13.4. The van der Waals surface area contributed by atoms with E-state index in [-0.39, 0.29) is 40.5 Å². The maximum absolute atomic E-state index is 13.5. The molecule has 1 N–H and O–H groups in total. The second-order valence-electron chi connectivity index (χ2n) is 6.91. The molecule has 6 rings (SSSR count). The molecule has 2 atom stereocenters. The van der Waals surface area contributed by atoms with Crippen LogP contribution in [0.15, 0.2) is 42.3 Å². The Hall–Kier alpha value is -3.48. The fraction of sp³-hybridized carbons (Fsp3) is 0.273. The van der Waals surface area contributed by atoms with Crippen LogP contribution in [0.4, 0.5) is 0 Å². The molecular formula is C22H19N3O4. The number of hydrogen-bond acceptors (Lipinski definition) is 4. The van der Waals surface area contributed by atoms with Crippen LogP contribution >= 0.6 is 0 Å². The zero-order valence-corrected chi connectivity index (χ0v) is 15.1. The molecule has 1 aromatic heterocycles. The number of hydrogen-bond donors (Lipinski definition) is 1. The Kier molecular flexibility index (Phi) is 1.95. The summed E-state index contributed by atoms with van der Waals surface area (Å²) in [4.78, 5) is 31.5. The summed E-state index contributed by atoms with van der Waals surface area (Å²) in [6.45, 7) is -0.828. The van der Waals surface area contributed by atoms with Gasteiger partial charge in [-0.15, -0.1) is 0 Å². The van der Waals surface area contributed by atoms with Gasteiger partial charge in [-0.05, 0) is 29.3 Å². The second kappa shape index (κ2) is 5.76. The molecule has 146 valence electrons. The topological polar surface area (TPSA) is 74.9 Å². The van der Waals surface area contributed by atoms with Gasteiger partial charge in [-0.2, -0.15) is 0 Å². The highest BCUT2D eigenvalue weighted by atomic mass is 16.7. The molecule has 3 aliphatic rings. The SMILES string of the molecule is [2H]c1c([2H])c([C@]2([2H])c3[nH]c4c([2H])c([2H])c([2H])c([2H])c4c3C[C@]3([2H])C(=O)N(C)CC(=O)N23)c([2H])c2c1OCO2. The molecule has 29 heavy (non-hydrogen) atoms. The van der Waals surface area contributed by atoms with Crippen molar-refractivity contribution in [2.24, 2.45) is 0 Å². The quantitative estimate of drug-likeness (QED) is 0.682. The maximum atomic E-state index is 13.5. The average molecular weight is 398 g/mol. The monoisotopic (exact) mass is 398 g/mol. The van der Waals surface area contributed by atoms with Gasteiger partial charge in [0.15, 0.2) is 11.5 Å². The summed E-state index contributed by atoms with van der Waals surface area (Å²) in [6, 6.07) is -8.91. The molecule has 0 bridgehead atoms. The van der Waals surface area contributed by atoms with E-state index in [1.165, 1.54) is 7.05 Å². The first-order valence-corrected chi connectivity index (χ1v) is 8.86. The highest BCUT2D eigenvalue weighted by Crippen LogP contribution is 2.44. The summed E-state index contributed by atoms with van der Waals surface area (Å²) in [5.41, 5.74) is -0.836.